The van der Waals surface area contributed by atoms with Crippen LogP contribution in [0.1, 0.15) is 25.8 Å². The Kier molecular flexibility index (Phi) is 9.21. The number of nitrogens with one attached hydrogen (secondary N) is 2. The van der Waals surface area contributed by atoms with Crippen molar-refractivity contribution >= 4 is 5.96 Å². The summed E-state index contributed by atoms with van der Waals surface area (Å²) in [5, 5.41) is 6.24. The minimum Gasteiger partial charge on any atom is -0.380 e. The summed E-state index contributed by atoms with van der Waals surface area (Å²) < 4.78 is 31.7. The lowest BCUT2D eigenvalue weighted by molar-refractivity contribution is 0.128. The fraction of sp³-hybridized carbons (Fsp3) is 0.588. The van der Waals surface area contributed by atoms with E-state index in [1.165, 1.54) is 12.1 Å². The average molecular weight is 327 g/mol. The standard InChI is InChI=1S/C17H27F2N3O/c1-13(2)5-8-23-9-7-22-17(20-3)21-6-4-14-10-15(18)12-16(19)11-14/h10-13H,4-9H2,1-3H3,(H2,20,21,22). The van der Waals surface area contributed by atoms with Crippen LogP contribution in [0.25, 0.3) is 0 Å². The fourth-order valence-electron chi connectivity index (χ4n) is 1.96. The van der Waals surface area contributed by atoms with Crippen LogP contribution < -0.4 is 10.6 Å². The first-order chi connectivity index (χ1) is 11.0. The van der Waals surface area contributed by atoms with Gasteiger partial charge in [0.2, 0.25) is 0 Å². The number of ether oxygens (including phenoxy) is 1. The molecule has 0 aliphatic carbocycles. The van der Waals surface area contributed by atoms with Crippen molar-refractivity contribution in [1.29, 1.82) is 0 Å². The van der Waals surface area contributed by atoms with E-state index in [9.17, 15) is 8.78 Å². The zero-order valence-electron chi connectivity index (χ0n) is 14.2. The maximum absolute atomic E-state index is 13.1. The zero-order chi connectivity index (χ0) is 17.1. The van der Waals surface area contributed by atoms with Gasteiger partial charge in [0.15, 0.2) is 5.96 Å². The van der Waals surface area contributed by atoms with Gasteiger partial charge in [0, 0.05) is 32.8 Å². The van der Waals surface area contributed by atoms with Crippen LogP contribution in [0.2, 0.25) is 0 Å². The van der Waals surface area contributed by atoms with Crippen LogP contribution in [-0.2, 0) is 11.2 Å². The van der Waals surface area contributed by atoms with Gasteiger partial charge in [0.1, 0.15) is 11.6 Å². The Balaban J connectivity index is 2.19. The number of halogens is 2. The molecule has 0 amide bonds. The van der Waals surface area contributed by atoms with Crippen LogP contribution in [0.15, 0.2) is 23.2 Å². The number of nitrogens with zero attached hydrogens (tertiary/aromatic N) is 1. The van der Waals surface area contributed by atoms with Crippen molar-refractivity contribution in [2.45, 2.75) is 26.7 Å². The van der Waals surface area contributed by atoms with Crippen molar-refractivity contribution in [2.24, 2.45) is 10.9 Å². The number of guanidine groups is 1. The average Bonchev–Trinajstić information content (AvgIpc) is 2.47. The van der Waals surface area contributed by atoms with Crippen LogP contribution in [0.4, 0.5) is 8.78 Å². The topological polar surface area (TPSA) is 45.7 Å². The molecule has 1 rings (SSSR count). The van der Waals surface area contributed by atoms with E-state index in [1.54, 1.807) is 7.05 Å². The zero-order valence-corrected chi connectivity index (χ0v) is 14.2. The molecular weight excluding hydrogens is 300 g/mol. The molecule has 0 aromatic heterocycles. The summed E-state index contributed by atoms with van der Waals surface area (Å²) in [5.41, 5.74) is 0.613. The molecule has 4 nitrogen and oxygen atoms in total. The van der Waals surface area contributed by atoms with E-state index in [4.69, 9.17) is 4.74 Å². The van der Waals surface area contributed by atoms with E-state index in [-0.39, 0.29) is 0 Å². The minimum absolute atomic E-state index is 0.514. The summed E-state index contributed by atoms with van der Waals surface area (Å²) in [6.07, 6.45) is 1.57. The van der Waals surface area contributed by atoms with Gasteiger partial charge in [0.05, 0.1) is 6.61 Å². The summed E-state index contributed by atoms with van der Waals surface area (Å²) in [5.74, 6) is 0.182. The van der Waals surface area contributed by atoms with Crippen molar-refractivity contribution in [1.82, 2.24) is 10.6 Å². The summed E-state index contributed by atoms with van der Waals surface area (Å²) in [6.45, 7) is 6.90. The van der Waals surface area contributed by atoms with Gasteiger partial charge in [-0.15, -0.1) is 0 Å². The minimum atomic E-state index is -0.555. The van der Waals surface area contributed by atoms with Crippen LogP contribution in [0, 0.1) is 17.6 Å². The Morgan fingerprint density at radius 1 is 1.09 bits per heavy atom. The summed E-state index contributed by atoms with van der Waals surface area (Å²) in [6, 6.07) is 3.55. The molecular formula is C17H27F2N3O. The maximum atomic E-state index is 13.1. The second-order valence-corrected chi connectivity index (χ2v) is 5.75. The van der Waals surface area contributed by atoms with Gasteiger partial charge in [-0.1, -0.05) is 13.8 Å². The van der Waals surface area contributed by atoms with Gasteiger partial charge in [-0.25, -0.2) is 8.78 Å². The normalized spacial score (nSPS) is 11.8. The molecule has 0 atom stereocenters. The first-order valence-corrected chi connectivity index (χ1v) is 7.98. The molecule has 1 aromatic carbocycles. The highest BCUT2D eigenvalue weighted by atomic mass is 19.1. The van der Waals surface area contributed by atoms with Gasteiger partial charge in [0.25, 0.3) is 0 Å². The van der Waals surface area contributed by atoms with Crippen molar-refractivity contribution < 1.29 is 13.5 Å². The quantitative estimate of drug-likeness (QED) is 0.416. The molecule has 0 spiro atoms. The number of hydrogen-bond acceptors (Lipinski definition) is 2. The predicted molar refractivity (Wildman–Crippen MR) is 89.7 cm³/mol. The molecule has 0 saturated carbocycles. The third-order valence-electron chi connectivity index (χ3n) is 3.23. The molecule has 0 radical (unpaired) electrons. The van der Waals surface area contributed by atoms with E-state index in [2.05, 4.69) is 29.5 Å². The first-order valence-electron chi connectivity index (χ1n) is 7.98. The number of rotatable bonds is 9. The van der Waals surface area contributed by atoms with Gasteiger partial charge >= 0.3 is 0 Å². The van der Waals surface area contributed by atoms with Gasteiger partial charge in [-0.3, -0.25) is 4.99 Å². The molecule has 6 heteroatoms. The number of aliphatic imine (C=N–C) groups is 1. The molecule has 23 heavy (non-hydrogen) atoms. The SMILES string of the molecule is CN=C(NCCOCCC(C)C)NCCc1cc(F)cc(F)c1. The van der Waals surface area contributed by atoms with Crippen molar-refractivity contribution in [3.8, 4) is 0 Å². The highest BCUT2D eigenvalue weighted by Crippen LogP contribution is 2.08. The third kappa shape index (κ3) is 9.13. The summed E-state index contributed by atoms with van der Waals surface area (Å²) >= 11 is 0. The van der Waals surface area contributed by atoms with Crippen molar-refractivity contribution in [3.05, 3.63) is 35.4 Å². The molecule has 0 bridgehead atoms. The van der Waals surface area contributed by atoms with Gasteiger partial charge in [-0.2, -0.15) is 0 Å². The molecule has 0 aliphatic heterocycles. The molecule has 0 fully saturated rings. The largest absolute Gasteiger partial charge is 0.380 e. The molecule has 2 N–H and O–H groups in total. The summed E-state index contributed by atoms with van der Waals surface area (Å²) in [7, 11) is 1.68. The number of hydrogen-bond donors (Lipinski definition) is 2. The first kappa shape index (κ1) is 19.4. The van der Waals surface area contributed by atoms with E-state index in [0.717, 1.165) is 19.1 Å². The molecule has 1 aromatic rings. The second-order valence-electron chi connectivity index (χ2n) is 5.75. The highest BCUT2D eigenvalue weighted by Gasteiger charge is 2.02. The lowest BCUT2D eigenvalue weighted by Gasteiger charge is -2.12. The lowest BCUT2D eigenvalue weighted by atomic mass is 10.1. The van der Waals surface area contributed by atoms with E-state index >= 15 is 0 Å². The monoisotopic (exact) mass is 327 g/mol. The molecule has 0 aliphatic rings. The van der Waals surface area contributed by atoms with Crippen molar-refractivity contribution in [2.75, 3.05) is 33.4 Å². The van der Waals surface area contributed by atoms with Crippen LogP contribution in [0.3, 0.4) is 0 Å². The Bertz CT molecular complexity index is 472. The van der Waals surface area contributed by atoms with Crippen LogP contribution >= 0.6 is 0 Å². The fourth-order valence-corrected chi connectivity index (χ4v) is 1.96. The van der Waals surface area contributed by atoms with Gasteiger partial charge in [-0.05, 0) is 36.5 Å². The predicted octanol–water partition coefficient (Wildman–Crippen LogP) is 2.74. The highest BCUT2D eigenvalue weighted by molar-refractivity contribution is 5.79. The Hall–Kier alpha value is -1.69. The Morgan fingerprint density at radius 3 is 2.35 bits per heavy atom. The molecule has 130 valence electrons. The van der Waals surface area contributed by atoms with Crippen molar-refractivity contribution in [3.63, 3.8) is 0 Å². The van der Waals surface area contributed by atoms with Crippen LogP contribution in [0.5, 0.6) is 0 Å². The van der Waals surface area contributed by atoms with Crippen LogP contribution in [-0.4, -0.2) is 39.3 Å². The summed E-state index contributed by atoms with van der Waals surface area (Å²) in [4.78, 5) is 4.09. The van der Waals surface area contributed by atoms with E-state index < -0.39 is 11.6 Å². The number of benzene rings is 1. The smallest absolute Gasteiger partial charge is 0.191 e. The third-order valence-corrected chi connectivity index (χ3v) is 3.23. The Morgan fingerprint density at radius 2 is 1.74 bits per heavy atom. The Labute approximate surface area is 137 Å². The molecule has 0 saturated heterocycles. The van der Waals surface area contributed by atoms with Gasteiger partial charge < -0.3 is 15.4 Å². The molecule has 0 heterocycles. The maximum Gasteiger partial charge on any atom is 0.191 e. The molecule has 0 unspecified atom stereocenters. The lowest BCUT2D eigenvalue weighted by Crippen LogP contribution is -2.39. The van der Waals surface area contributed by atoms with E-state index in [1.807, 2.05) is 0 Å². The second kappa shape index (κ2) is 10.9. The van der Waals surface area contributed by atoms with E-state index in [0.29, 0.717) is 43.6 Å².